The molecule has 1 aliphatic heterocycles. The molecular formula is C17H36IN5O. The minimum absolute atomic E-state index is 0. The average molecular weight is 453 g/mol. The van der Waals surface area contributed by atoms with Gasteiger partial charge in [0.2, 0.25) is 0 Å². The number of nitrogens with one attached hydrogen (secondary N) is 2. The van der Waals surface area contributed by atoms with Gasteiger partial charge in [0.05, 0.1) is 19.8 Å². The first-order chi connectivity index (χ1) is 11.3. The number of hydrogen-bond acceptors (Lipinski definition) is 4. The second kappa shape index (κ2) is 13.1. The first kappa shape index (κ1) is 21.9. The summed E-state index contributed by atoms with van der Waals surface area (Å²) in [6.07, 6.45) is 5.52. The number of ether oxygens (including phenoxy) is 1. The second-order valence-electron chi connectivity index (χ2n) is 6.56. The Labute approximate surface area is 164 Å². The van der Waals surface area contributed by atoms with Crippen molar-refractivity contribution in [2.24, 2.45) is 4.99 Å². The van der Waals surface area contributed by atoms with E-state index in [0.717, 1.165) is 71.0 Å². The van der Waals surface area contributed by atoms with E-state index in [1.54, 1.807) is 0 Å². The molecule has 0 spiro atoms. The lowest BCUT2D eigenvalue weighted by atomic mass is 10.2. The van der Waals surface area contributed by atoms with Gasteiger partial charge in [-0.25, -0.2) is 0 Å². The summed E-state index contributed by atoms with van der Waals surface area (Å²) < 4.78 is 5.38. The fourth-order valence-corrected chi connectivity index (χ4v) is 3.35. The predicted molar refractivity (Wildman–Crippen MR) is 112 cm³/mol. The molecule has 1 saturated carbocycles. The summed E-state index contributed by atoms with van der Waals surface area (Å²) in [4.78, 5) is 9.61. The molecule has 0 bridgehead atoms. The van der Waals surface area contributed by atoms with Gasteiger partial charge >= 0.3 is 0 Å². The predicted octanol–water partition coefficient (Wildman–Crippen LogP) is 1.37. The van der Waals surface area contributed by atoms with Crippen LogP contribution >= 0.6 is 24.0 Å². The summed E-state index contributed by atoms with van der Waals surface area (Å²) in [5.74, 6) is 0.945. The van der Waals surface area contributed by atoms with Crippen LogP contribution in [0.1, 0.15) is 32.6 Å². The SMILES string of the molecule is CCNC(=NCCN1CCOCC1)NCCN(C)C1CCCC1.I. The third-order valence-electron chi connectivity index (χ3n) is 4.84. The maximum atomic E-state index is 5.38. The third kappa shape index (κ3) is 8.31. The molecule has 0 aromatic rings. The van der Waals surface area contributed by atoms with E-state index >= 15 is 0 Å². The molecule has 0 aromatic heterocycles. The van der Waals surface area contributed by atoms with E-state index in [-0.39, 0.29) is 24.0 Å². The van der Waals surface area contributed by atoms with Gasteiger partial charge in [-0.3, -0.25) is 9.89 Å². The van der Waals surface area contributed by atoms with Gasteiger partial charge in [0.15, 0.2) is 5.96 Å². The van der Waals surface area contributed by atoms with Gasteiger partial charge in [-0.1, -0.05) is 12.8 Å². The molecular weight excluding hydrogens is 417 g/mol. The van der Waals surface area contributed by atoms with Crippen molar-refractivity contribution in [3.8, 4) is 0 Å². The van der Waals surface area contributed by atoms with Crippen molar-refractivity contribution in [2.75, 3.05) is 66.1 Å². The monoisotopic (exact) mass is 453 g/mol. The van der Waals surface area contributed by atoms with Crippen molar-refractivity contribution in [1.82, 2.24) is 20.4 Å². The van der Waals surface area contributed by atoms with Crippen molar-refractivity contribution in [3.05, 3.63) is 0 Å². The van der Waals surface area contributed by atoms with E-state index in [1.807, 2.05) is 0 Å². The maximum Gasteiger partial charge on any atom is 0.191 e. The highest BCUT2D eigenvalue weighted by molar-refractivity contribution is 14.0. The van der Waals surface area contributed by atoms with E-state index in [4.69, 9.17) is 9.73 Å². The molecule has 1 aliphatic carbocycles. The molecule has 6 nitrogen and oxygen atoms in total. The molecule has 2 fully saturated rings. The summed E-state index contributed by atoms with van der Waals surface area (Å²) >= 11 is 0. The summed E-state index contributed by atoms with van der Waals surface area (Å²) in [6.45, 7) is 10.7. The molecule has 0 atom stereocenters. The van der Waals surface area contributed by atoms with Crippen LogP contribution in [0.4, 0.5) is 0 Å². The average Bonchev–Trinajstić information content (AvgIpc) is 3.10. The van der Waals surface area contributed by atoms with Gasteiger partial charge in [-0.15, -0.1) is 24.0 Å². The van der Waals surface area contributed by atoms with Crippen molar-refractivity contribution in [2.45, 2.75) is 38.6 Å². The van der Waals surface area contributed by atoms with Crippen molar-refractivity contribution in [1.29, 1.82) is 0 Å². The zero-order valence-electron chi connectivity index (χ0n) is 15.4. The van der Waals surface area contributed by atoms with Gasteiger partial charge < -0.3 is 20.3 Å². The normalized spacial score (nSPS) is 20.2. The molecule has 2 N–H and O–H groups in total. The molecule has 24 heavy (non-hydrogen) atoms. The molecule has 1 saturated heterocycles. The number of rotatable bonds is 8. The minimum Gasteiger partial charge on any atom is -0.379 e. The van der Waals surface area contributed by atoms with Gasteiger partial charge in [0.1, 0.15) is 0 Å². The minimum atomic E-state index is 0. The summed E-state index contributed by atoms with van der Waals surface area (Å²) in [5, 5.41) is 6.81. The Morgan fingerprint density at radius 3 is 2.58 bits per heavy atom. The topological polar surface area (TPSA) is 52.1 Å². The lowest BCUT2D eigenvalue weighted by Gasteiger charge is -2.26. The zero-order chi connectivity index (χ0) is 16.3. The van der Waals surface area contributed by atoms with Crippen LogP contribution in [0.15, 0.2) is 4.99 Å². The highest BCUT2D eigenvalue weighted by Crippen LogP contribution is 2.21. The van der Waals surface area contributed by atoms with Gasteiger partial charge in [-0.2, -0.15) is 0 Å². The van der Waals surface area contributed by atoms with E-state index in [9.17, 15) is 0 Å². The second-order valence-corrected chi connectivity index (χ2v) is 6.56. The van der Waals surface area contributed by atoms with E-state index < -0.39 is 0 Å². The fraction of sp³-hybridized carbons (Fsp3) is 0.941. The fourth-order valence-electron chi connectivity index (χ4n) is 3.35. The smallest absolute Gasteiger partial charge is 0.191 e. The van der Waals surface area contributed by atoms with Crippen LogP contribution < -0.4 is 10.6 Å². The first-order valence-electron chi connectivity index (χ1n) is 9.32. The van der Waals surface area contributed by atoms with E-state index in [2.05, 4.69) is 34.4 Å². The van der Waals surface area contributed by atoms with Crippen LogP contribution in [0, 0.1) is 0 Å². The number of hydrogen-bond donors (Lipinski definition) is 2. The molecule has 0 amide bonds. The van der Waals surface area contributed by atoms with Crippen LogP contribution in [0.2, 0.25) is 0 Å². The molecule has 1 heterocycles. The Hall–Kier alpha value is -0.120. The quantitative estimate of drug-likeness (QED) is 0.330. The Bertz CT molecular complexity index is 344. The van der Waals surface area contributed by atoms with Crippen molar-refractivity contribution >= 4 is 29.9 Å². The van der Waals surface area contributed by atoms with Crippen LogP contribution in [-0.2, 0) is 4.74 Å². The van der Waals surface area contributed by atoms with Crippen LogP contribution in [0.5, 0.6) is 0 Å². The zero-order valence-corrected chi connectivity index (χ0v) is 17.8. The van der Waals surface area contributed by atoms with Gasteiger partial charge in [-0.05, 0) is 26.8 Å². The Balaban J connectivity index is 0.00000288. The number of likely N-dealkylation sites (N-methyl/N-ethyl adjacent to an activating group) is 1. The standard InChI is InChI=1S/C17H35N5O.HI/c1-3-18-17(20-9-11-22-12-14-23-15-13-22)19-8-10-21(2)16-6-4-5-7-16;/h16H,3-15H2,1-2H3,(H2,18,19,20);1H. The number of aliphatic imine (C=N–C) groups is 1. The summed E-state index contributed by atoms with van der Waals surface area (Å²) in [5.41, 5.74) is 0. The maximum absolute atomic E-state index is 5.38. The Kier molecular flexibility index (Phi) is 12.0. The lowest BCUT2D eigenvalue weighted by Crippen LogP contribution is -2.43. The van der Waals surface area contributed by atoms with Crippen molar-refractivity contribution in [3.63, 3.8) is 0 Å². The molecule has 0 aromatic carbocycles. The van der Waals surface area contributed by atoms with Gasteiger partial charge in [0, 0.05) is 45.3 Å². The van der Waals surface area contributed by atoms with Crippen LogP contribution in [0.3, 0.4) is 0 Å². The number of guanidine groups is 1. The summed E-state index contributed by atoms with van der Waals surface area (Å²) in [6, 6.07) is 0.789. The molecule has 0 radical (unpaired) electrons. The Morgan fingerprint density at radius 1 is 1.21 bits per heavy atom. The molecule has 2 aliphatic rings. The lowest BCUT2D eigenvalue weighted by molar-refractivity contribution is 0.0394. The highest BCUT2D eigenvalue weighted by atomic mass is 127. The van der Waals surface area contributed by atoms with Crippen molar-refractivity contribution < 1.29 is 4.74 Å². The van der Waals surface area contributed by atoms with E-state index in [0.29, 0.717) is 0 Å². The third-order valence-corrected chi connectivity index (χ3v) is 4.84. The molecule has 0 unspecified atom stereocenters. The van der Waals surface area contributed by atoms with Crippen LogP contribution in [-0.4, -0.2) is 87.9 Å². The molecule has 2 rings (SSSR count). The summed E-state index contributed by atoms with van der Waals surface area (Å²) in [7, 11) is 2.25. The number of morpholine rings is 1. The number of nitrogens with zero attached hydrogens (tertiary/aromatic N) is 3. The van der Waals surface area contributed by atoms with Gasteiger partial charge in [0.25, 0.3) is 0 Å². The highest BCUT2D eigenvalue weighted by Gasteiger charge is 2.18. The Morgan fingerprint density at radius 2 is 1.92 bits per heavy atom. The first-order valence-corrected chi connectivity index (χ1v) is 9.32. The van der Waals surface area contributed by atoms with Crippen LogP contribution in [0.25, 0.3) is 0 Å². The number of halogens is 1. The molecule has 142 valence electrons. The van der Waals surface area contributed by atoms with E-state index in [1.165, 1.54) is 25.7 Å². The largest absolute Gasteiger partial charge is 0.379 e. The molecule has 7 heteroatoms.